The van der Waals surface area contributed by atoms with Crippen molar-refractivity contribution in [2.45, 2.75) is 33.2 Å². The summed E-state index contributed by atoms with van der Waals surface area (Å²) in [5.41, 5.74) is 4.87. The van der Waals surface area contributed by atoms with Crippen LogP contribution in [0.15, 0.2) is 48.5 Å². The molecule has 4 rings (SSSR count). The molecule has 1 saturated carbocycles. The molecule has 1 aliphatic rings. The van der Waals surface area contributed by atoms with Crippen LogP contribution >= 0.6 is 11.6 Å². The van der Waals surface area contributed by atoms with Gasteiger partial charge in [0.05, 0.1) is 22.0 Å². The zero-order valence-corrected chi connectivity index (χ0v) is 18.6. The van der Waals surface area contributed by atoms with E-state index in [4.69, 9.17) is 11.6 Å². The molecule has 7 heteroatoms. The maximum Gasteiger partial charge on any atom is 0.255 e. The number of halogens is 1. The van der Waals surface area contributed by atoms with Gasteiger partial charge >= 0.3 is 0 Å². The number of nitrogens with zero attached hydrogens (tertiary/aromatic N) is 3. The lowest BCUT2D eigenvalue weighted by atomic mass is 10.1. The van der Waals surface area contributed by atoms with E-state index in [1.54, 1.807) is 30.1 Å². The molecule has 1 aliphatic carbocycles. The van der Waals surface area contributed by atoms with E-state index in [0.717, 1.165) is 35.5 Å². The lowest BCUT2D eigenvalue weighted by molar-refractivity contribution is -0.117. The standard InChI is InChI=1S/C24H25ClN4O2/c1-15-21(16(2)29(27-15)19-7-5-4-6-8-19)14-28(3)24(31)20-12-11-18(13-22(20)25)26-23(30)17-9-10-17/h4-8,11-13,17H,9-10,14H2,1-3H3,(H,26,30). The van der Waals surface area contributed by atoms with E-state index in [-0.39, 0.29) is 17.7 Å². The molecule has 0 spiro atoms. The number of hydrogen-bond acceptors (Lipinski definition) is 3. The van der Waals surface area contributed by atoms with Gasteiger partial charge in [0.2, 0.25) is 5.91 Å². The van der Waals surface area contributed by atoms with Crippen molar-refractivity contribution in [1.82, 2.24) is 14.7 Å². The molecule has 0 atom stereocenters. The molecule has 6 nitrogen and oxygen atoms in total. The summed E-state index contributed by atoms with van der Waals surface area (Å²) < 4.78 is 1.90. The molecule has 160 valence electrons. The molecule has 0 aliphatic heterocycles. The van der Waals surface area contributed by atoms with Crippen molar-refractivity contribution in [3.05, 3.63) is 76.1 Å². The van der Waals surface area contributed by atoms with Crippen LogP contribution in [-0.4, -0.2) is 33.5 Å². The predicted octanol–water partition coefficient (Wildman–Crippen LogP) is 4.76. The second kappa shape index (κ2) is 8.55. The number of carbonyl (C=O) groups excluding carboxylic acids is 2. The Kier molecular flexibility index (Phi) is 5.83. The zero-order valence-electron chi connectivity index (χ0n) is 17.9. The van der Waals surface area contributed by atoms with E-state index in [0.29, 0.717) is 22.8 Å². The van der Waals surface area contributed by atoms with E-state index in [1.165, 1.54) is 0 Å². The SMILES string of the molecule is Cc1nn(-c2ccccc2)c(C)c1CN(C)C(=O)c1ccc(NC(=O)C2CC2)cc1Cl. The van der Waals surface area contributed by atoms with Gasteiger partial charge in [0.15, 0.2) is 0 Å². The van der Waals surface area contributed by atoms with Crippen molar-refractivity contribution in [3.63, 3.8) is 0 Å². The van der Waals surface area contributed by atoms with Gasteiger partial charge in [-0.2, -0.15) is 5.10 Å². The first-order chi connectivity index (χ1) is 14.8. The Balaban J connectivity index is 1.50. The fraction of sp³-hybridized carbons (Fsp3) is 0.292. The Morgan fingerprint density at radius 2 is 1.87 bits per heavy atom. The van der Waals surface area contributed by atoms with Crippen molar-refractivity contribution in [2.75, 3.05) is 12.4 Å². The number of carbonyl (C=O) groups is 2. The van der Waals surface area contributed by atoms with Gasteiger partial charge in [0, 0.05) is 36.5 Å². The number of aromatic nitrogens is 2. The Hall–Kier alpha value is -3.12. The predicted molar refractivity (Wildman–Crippen MR) is 122 cm³/mol. The number of para-hydroxylation sites is 1. The lowest BCUT2D eigenvalue weighted by Gasteiger charge is -2.19. The normalized spacial score (nSPS) is 13.2. The van der Waals surface area contributed by atoms with Crippen LogP contribution in [0.3, 0.4) is 0 Å². The molecular formula is C24H25ClN4O2. The smallest absolute Gasteiger partial charge is 0.255 e. The summed E-state index contributed by atoms with van der Waals surface area (Å²) in [5.74, 6) is -0.0699. The first kappa shape index (κ1) is 21.1. The second-order valence-corrected chi connectivity index (χ2v) is 8.42. The molecule has 3 aromatic rings. The number of aryl methyl sites for hydroxylation is 1. The van der Waals surface area contributed by atoms with Crippen LogP contribution in [0, 0.1) is 19.8 Å². The monoisotopic (exact) mass is 436 g/mol. The molecule has 1 N–H and O–H groups in total. The summed E-state index contributed by atoms with van der Waals surface area (Å²) in [4.78, 5) is 26.6. The topological polar surface area (TPSA) is 67.2 Å². The molecule has 31 heavy (non-hydrogen) atoms. The van der Waals surface area contributed by atoms with Crippen molar-refractivity contribution in [2.24, 2.45) is 5.92 Å². The summed E-state index contributed by atoms with van der Waals surface area (Å²) >= 11 is 6.38. The summed E-state index contributed by atoms with van der Waals surface area (Å²) in [6.45, 7) is 4.37. The van der Waals surface area contributed by atoms with Crippen molar-refractivity contribution >= 4 is 29.1 Å². The van der Waals surface area contributed by atoms with Crippen LogP contribution in [0.5, 0.6) is 0 Å². The van der Waals surface area contributed by atoms with Crippen LogP contribution in [0.4, 0.5) is 5.69 Å². The van der Waals surface area contributed by atoms with Gasteiger partial charge in [0.25, 0.3) is 5.91 Å². The molecule has 1 heterocycles. The van der Waals surface area contributed by atoms with Crippen LogP contribution in [0.1, 0.15) is 40.2 Å². The number of amides is 2. The van der Waals surface area contributed by atoms with E-state index >= 15 is 0 Å². The highest BCUT2D eigenvalue weighted by Crippen LogP contribution is 2.31. The molecule has 0 saturated heterocycles. The number of benzene rings is 2. The van der Waals surface area contributed by atoms with Gasteiger partial charge in [0.1, 0.15) is 0 Å². The lowest BCUT2D eigenvalue weighted by Crippen LogP contribution is -2.27. The third kappa shape index (κ3) is 4.49. The minimum Gasteiger partial charge on any atom is -0.337 e. The molecular weight excluding hydrogens is 412 g/mol. The molecule has 1 aromatic heterocycles. The molecule has 2 amide bonds. The Labute approximate surface area is 186 Å². The van der Waals surface area contributed by atoms with Crippen LogP contribution in [-0.2, 0) is 11.3 Å². The Bertz CT molecular complexity index is 1140. The van der Waals surface area contributed by atoms with Gasteiger partial charge in [-0.25, -0.2) is 4.68 Å². The first-order valence-corrected chi connectivity index (χ1v) is 10.7. The number of hydrogen-bond donors (Lipinski definition) is 1. The maximum atomic E-state index is 13.0. The van der Waals surface area contributed by atoms with Gasteiger partial charge in [-0.15, -0.1) is 0 Å². The van der Waals surface area contributed by atoms with Crippen LogP contribution in [0.25, 0.3) is 5.69 Å². The van der Waals surface area contributed by atoms with Crippen LogP contribution in [0.2, 0.25) is 5.02 Å². The molecule has 0 bridgehead atoms. The van der Waals surface area contributed by atoms with E-state index in [2.05, 4.69) is 10.4 Å². The third-order valence-corrected chi connectivity index (χ3v) is 5.91. The molecule has 2 aromatic carbocycles. The maximum absolute atomic E-state index is 13.0. The largest absolute Gasteiger partial charge is 0.337 e. The highest BCUT2D eigenvalue weighted by molar-refractivity contribution is 6.34. The average molecular weight is 437 g/mol. The summed E-state index contributed by atoms with van der Waals surface area (Å²) in [6.07, 6.45) is 1.86. The first-order valence-electron chi connectivity index (χ1n) is 10.3. The highest BCUT2D eigenvalue weighted by atomic mass is 35.5. The van der Waals surface area contributed by atoms with E-state index in [1.807, 2.05) is 48.9 Å². The van der Waals surface area contributed by atoms with E-state index < -0.39 is 0 Å². The van der Waals surface area contributed by atoms with Gasteiger partial charge in [-0.05, 0) is 57.0 Å². The van der Waals surface area contributed by atoms with Crippen molar-refractivity contribution in [1.29, 1.82) is 0 Å². The number of nitrogens with one attached hydrogen (secondary N) is 1. The van der Waals surface area contributed by atoms with Crippen molar-refractivity contribution < 1.29 is 9.59 Å². The molecule has 0 unspecified atom stereocenters. The van der Waals surface area contributed by atoms with Crippen molar-refractivity contribution in [3.8, 4) is 5.69 Å². The minimum atomic E-state index is -0.184. The van der Waals surface area contributed by atoms with E-state index in [9.17, 15) is 9.59 Å². The zero-order chi connectivity index (χ0) is 22.1. The summed E-state index contributed by atoms with van der Waals surface area (Å²) in [7, 11) is 1.75. The summed E-state index contributed by atoms with van der Waals surface area (Å²) in [6, 6.07) is 14.9. The molecule has 0 radical (unpaired) electrons. The van der Waals surface area contributed by atoms with Gasteiger partial charge in [-0.3, -0.25) is 9.59 Å². The number of rotatable bonds is 6. The number of anilines is 1. The van der Waals surface area contributed by atoms with Gasteiger partial charge in [-0.1, -0.05) is 29.8 Å². The Morgan fingerprint density at radius 1 is 1.16 bits per heavy atom. The molecule has 1 fully saturated rings. The highest BCUT2D eigenvalue weighted by Gasteiger charge is 2.29. The second-order valence-electron chi connectivity index (χ2n) is 8.02. The minimum absolute atomic E-state index is 0.00800. The van der Waals surface area contributed by atoms with Gasteiger partial charge < -0.3 is 10.2 Å². The fourth-order valence-corrected chi connectivity index (χ4v) is 3.86. The quantitative estimate of drug-likeness (QED) is 0.605. The third-order valence-electron chi connectivity index (χ3n) is 5.60. The van der Waals surface area contributed by atoms with Crippen LogP contribution < -0.4 is 5.32 Å². The Morgan fingerprint density at radius 3 is 2.52 bits per heavy atom. The average Bonchev–Trinajstić information content (AvgIpc) is 3.57. The fourth-order valence-electron chi connectivity index (χ4n) is 3.60. The summed E-state index contributed by atoms with van der Waals surface area (Å²) in [5, 5.41) is 7.83.